The molecule has 0 radical (unpaired) electrons. The molecule has 8 nitrogen and oxygen atoms in total. The molecule has 0 amide bonds. The highest BCUT2D eigenvalue weighted by Gasteiger charge is 1.92. The van der Waals surface area contributed by atoms with E-state index in [1.54, 1.807) is 0 Å². The van der Waals surface area contributed by atoms with Gasteiger partial charge in [0.2, 0.25) is 0 Å². The predicted octanol–water partition coefficient (Wildman–Crippen LogP) is -1.12. The highest BCUT2D eigenvalue weighted by atomic mass is 31.1. The van der Waals surface area contributed by atoms with E-state index in [0.717, 1.165) is 0 Å². The molecule has 0 aromatic heterocycles. The summed E-state index contributed by atoms with van der Waals surface area (Å²) in [6, 6.07) is 0. The number of nitrogens with one attached hydrogen (secondary N) is 2. The lowest BCUT2D eigenvalue weighted by Gasteiger charge is -2.05. The Bertz CT molecular complexity index is 171. The van der Waals surface area contributed by atoms with Crippen LogP contribution in [0.2, 0.25) is 0 Å². The van der Waals surface area contributed by atoms with Crippen molar-refractivity contribution in [1.29, 1.82) is 0 Å². The molecule has 0 aromatic carbocycles. The van der Waals surface area contributed by atoms with Crippen molar-refractivity contribution in [3.63, 3.8) is 0 Å². The Balaban J connectivity index is 2.99. The molecule has 0 heterocycles. The van der Waals surface area contributed by atoms with Crippen LogP contribution in [0.3, 0.4) is 0 Å². The highest BCUT2D eigenvalue weighted by Crippen LogP contribution is 2.12. The van der Waals surface area contributed by atoms with Gasteiger partial charge in [0.1, 0.15) is 13.5 Å². The van der Waals surface area contributed by atoms with E-state index in [9.17, 15) is 9.13 Å². The quantitative estimate of drug-likeness (QED) is 0.230. The third-order valence-electron chi connectivity index (χ3n) is 1.07. The maximum absolute atomic E-state index is 10.0. The van der Waals surface area contributed by atoms with Crippen LogP contribution >= 0.6 is 16.5 Å². The molecule has 0 rings (SSSR count). The van der Waals surface area contributed by atoms with Gasteiger partial charge in [0.05, 0.1) is 0 Å². The van der Waals surface area contributed by atoms with Gasteiger partial charge in [-0.1, -0.05) is 0 Å². The van der Waals surface area contributed by atoms with Crippen LogP contribution in [-0.4, -0.2) is 36.3 Å². The maximum atomic E-state index is 10.0. The monoisotopic (exact) mass is 248 g/mol. The molecule has 0 spiro atoms. The first kappa shape index (κ1) is 14.2. The average Bonchev–Trinajstić information content (AvgIpc) is 2.08. The molecule has 0 saturated heterocycles. The van der Waals surface area contributed by atoms with Gasteiger partial charge in [-0.2, -0.15) is 0 Å². The van der Waals surface area contributed by atoms with Gasteiger partial charge in [0.15, 0.2) is 0 Å². The molecule has 0 aliphatic rings. The maximum Gasteiger partial charge on any atom is 0.317 e. The van der Waals surface area contributed by atoms with Crippen LogP contribution in [0.4, 0.5) is 0 Å². The Kier molecular flexibility index (Phi) is 9.92. The second-order valence-corrected chi connectivity index (χ2v) is 3.75. The fourth-order valence-corrected chi connectivity index (χ4v) is 0.998. The van der Waals surface area contributed by atoms with E-state index in [4.69, 9.17) is 9.79 Å². The van der Waals surface area contributed by atoms with E-state index >= 15 is 0 Å². The average molecular weight is 248 g/mol. The molecule has 4 N–H and O–H groups in total. The van der Waals surface area contributed by atoms with Gasteiger partial charge < -0.3 is 9.79 Å². The molecule has 0 aliphatic carbocycles. The predicted molar refractivity (Wildman–Crippen MR) is 50.4 cm³/mol. The van der Waals surface area contributed by atoms with E-state index < -0.39 is 16.5 Å². The minimum atomic E-state index is -2.87. The van der Waals surface area contributed by atoms with Crippen molar-refractivity contribution in [2.45, 2.75) is 0 Å². The molecular weight excluding hydrogens is 234 g/mol. The van der Waals surface area contributed by atoms with Crippen LogP contribution in [0.25, 0.3) is 0 Å². The lowest BCUT2D eigenvalue weighted by molar-refractivity contribution is 0.243. The van der Waals surface area contributed by atoms with E-state index in [2.05, 4.69) is 19.7 Å². The van der Waals surface area contributed by atoms with Crippen LogP contribution in [0.1, 0.15) is 0 Å². The topological polar surface area (TPSA) is 117 Å². The van der Waals surface area contributed by atoms with Crippen LogP contribution in [0, 0.1) is 0 Å². The molecule has 86 valence electrons. The van der Waals surface area contributed by atoms with Crippen molar-refractivity contribution < 1.29 is 28.0 Å². The summed E-state index contributed by atoms with van der Waals surface area (Å²) in [5.74, 6) is 0. The SMILES string of the molecule is O=[PH](O)OCNCCNCO[PH](=O)O. The Labute approximate surface area is 82.5 Å². The Morgan fingerprint density at radius 3 is 1.57 bits per heavy atom. The molecule has 14 heavy (non-hydrogen) atoms. The zero-order valence-electron chi connectivity index (χ0n) is 7.36. The second kappa shape index (κ2) is 9.76. The Hall–Kier alpha value is 0.220. The molecule has 2 atom stereocenters. The number of rotatable bonds is 9. The van der Waals surface area contributed by atoms with Crippen molar-refractivity contribution in [3.05, 3.63) is 0 Å². The fourth-order valence-electron chi connectivity index (χ4n) is 0.547. The molecule has 2 unspecified atom stereocenters. The number of hydrogen-bond donors (Lipinski definition) is 4. The van der Waals surface area contributed by atoms with Gasteiger partial charge in [-0.3, -0.25) is 28.8 Å². The van der Waals surface area contributed by atoms with Crippen molar-refractivity contribution in [2.24, 2.45) is 0 Å². The molecule has 0 saturated carbocycles. The first-order valence-electron chi connectivity index (χ1n) is 3.76. The zero-order valence-corrected chi connectivity index (χ0v) is 9.36. The summed E-state index contributed by atoms with van der Waals surface area (Å²) >= 11 is 0. The van der Waals surface area contributed by atoms with Gasteiger partial charge in [0, 0.05) is 13.1 Å². The van der Waals surface area contributed by atoms with E-state index in [-0.39, 0.29) is 13.5 Å². The standard InChI is InChI=1S/C4H14N2O6P2/c7-13(8)11-3-5-1-2-6-4-12-14(9)10/h5-6,13-14H,1-4H2,(H,7,8)(H,9,10). The summed E-state index contributed by atoms with van der Waals surface area (Å²) in [4.78, 5) is 16.5. The van der Waals surface area contributed by atoms with E-state index in [0.29, 0.717) is 13.1 Å². The van der Waals surface area contributed by atoms with Crippen molar-refractivity contribution in [2.75, 3.05) is 26.6 Å². The summed E-state index contributed by atoms with van der Waals surface area (Å²) in [6.07, 6.45) is 0. The van der Waals surface area contributed by atoms with Crippen LogP contribution in [0.5, 0.6) is 0 Å². The highest BCUT2D eigenvalue weighted by molar-refractivity contribution is 7.32. The fraction of sp³-hybridized carbons (Fsp3) is 1.00. The van der Waals surface area contributed by atoms with Gasteiger partial charge in [0.25, 0.3) is 0 Å². The van der Waals surface area contributed by atoms with Crippen LogP contribution in [0.15, 0.2) is 0 Å². The third kappa shape index (κ3) is 12.2. The minimum Gasteiger partial charge on any atom is -0.326 e. The first-order chi connectivity index (χ1) is 6.63. The Morgan fingerprint density at radius 2 is 1.29 bits per heavy atom. The normalized spacial score (nSPS) is 15.3. The van der Waals surface area contributed by atoms with Crippen molar-refractivity contribution in [1.82, 2.24) is 10.6 Å². The summed E-state index contributed by atoms with van der Waals surface area (Å²) in [5.41, 5.74) is 0. The molecule has 0 aromatic rings. The van der Waals surface area contributed by atoms with Gasteiger partial charge in [-0.15, -0.1) is 0 Å². The molecule has 0 fully saturated rings. The summed E-state index contributed by atoms with van der Waals surface area (Å²) in [7, 11) is -5.74. The molecular formula is C4H14N2O6P2. The van der Waals surface area contributed by atoms with Gasteiger partial charge in [-0.25, -0.2) is 0 Å². The summed E-state index contributed by atoms with van der Waals surface area (Å²) in [5, 5.41) is 5.40. The Morgan fingerprint density at radius 1 is 0.929 bits per heavy atom. The first-order valence-corrected chi connectivity index (χ1v) is 6.28. The lowest BCUT2D eigenvalue weighted by atomic mass is 10.6. The molecule has 10 heteroatoms. The minimum absolute atomic E-state index is 0.00652. The van der Waals surface area contributed by atoms with Crippen molar-refractivity contribution in [3.8, 4) is 0 Å². The van der Waals surface area contributed by atoms with Gasteiger partial charge in [-0.05, 0) is 0 Å². The van der Waals surface area contributed by atoms with E-state index in [1.165, 1.54) is 0 Å². The van der Waals surface area contributed by atoms with E-state index in [1.807, 2.05) is 0 Å². The molecule has 0 aliphatic heterocycles. The largest absolute Gasteiger partial charge is 0.326 e. The summed E-state index contributed by atoms with van der Waals surface area (Å²) < 4.78 is 28.7. The van der Waals surface area contributed by atoms with Crippen molar-refractivity contribution >= 4 is 16.5 Å². The van der Waals surface area contributed by atoms with Crippen LogP contribution < -0.4 is 10.6 Å². The number of hydrogen-bond acceptors (Lipinski definition) is 6. The third-order valence-corrected chi connectivity index (χ3v) is 1.86. The second-order valence-electron chi connectivity index (χ2n) is 2.11. The van der Waals surface area contributed by atoms with Gasteiger partial charge >= 0.3 is 16.5 Å². The summed E-state index contributed by atoms with van der Waals surface area (Å²) in [6.45, 7) is 0.969. The smallest absolute Gasteiger partial charge is 0.317 e. The van der Waals surface area contributed by atoms with Crippen LogP contribution in [-0.2, 0) is 18.2 Å². The zero-order chi connectivity index (χ0) is 10.8. The molecule has 0 bridgehead atoms. The lowest BCUT2D eigenvalue weighted by Crippen LogP contribution is -2.29.